The summed E-state index contributed by atoms with van der Waals surface area (Å²) in [5.74, 6) is 0. The van der Waals surface area contributed by atoms with Crippen LogP contribution >= 0.6 is 0 Å². The molecule has 0 amide bonds. The quantitative estimate of drug-likeness (QED) is 0.651. The molecule has 0 radical (unpaired) electrons. The molecule has 0 saturated carbocycles. The van der Waals surface area contributed by atoms with Gasteiger partial charge in [-0.2, -0.15) is 0 Å². The van der Waals surface area contributed by atoms with E-state index >= 15 is 0 Å². The predicted octanol–water partition coefficient (Wildman–Crippen LogP) is 1.51. The molecule has 2 aromatic heterocycles. The third-order valence-corrected chi connectivity index (χ3v) is 1.68. The lowest BCUT2D eigenvalue weighted by Crippen LogP contribution is -1.90. The number of rotatable bonds is 1. The number of nitrogens with zero attached hydrogens (tertiary/aromatic N) is 2. The summed E-state index contributed by atoms with van der Waals surface area (Å²) >= 11 is 0. The number of hydrogen-bond acceptors (Lipinski definition) is 1. The van der Waals surface area contributed by atoms with Gasteiger partial charge in [0.1, 0.15) is 0 Å². The van der Waals surface area contributed by atoms with Gasteiger partial charge in [-0.25, -0.2) is 4.98 Å². The van der Waals surface area contributed by atoms with E-state index in [2.05, 4.69) is 9.97 Å². The van der Waals surface area contributed by atoms with Crippen LogP contribution in [0.4, 0.5) is 0 Å². The Morgan fingerprint density at radius 3 is 3.00 bits per heavy atom. The lowest BCUT2D eigenvalue weighted by atomic mass is 10.4. The van der Waals surface area contributed by atoms with Gasteiger partial charge in [0.15, 0.2) is 0 Å². The van der Waals surface area contributed by atoms with Crippen molar-refractivity contribution in [2.45, 2.75) is 6.92 Å². The van der Waals surface area contributed by atoms with Gasteiger partial charge < -0.3 is 9.55 Å². The van der Waals surface area contributed by atoms with Gasteiger partial charge in [-0.1, -0.05) is 0 Å². The molecule has 3 nitrogen and oxygen atoms in total. The van der Waals surface area contributed by atoms with E-state index in [9.17, 15) is 0 Å². The molecular weight excluding hydrogens is 138 g/mol. The van der Waals surface area contributed by atoms with Gasteiger partial charge >= 0.3 is 0 Å². The van der Waals surface area contributed by atoms with Gasteiger partial charge in [0.2, 0.25) is 0 Å². The van der Waals surface area contributed by atoms with Gasteiger partial charge in [-0.3, -0.25) is 0 Å². The number of hydrogen-bond donors (Lipinski definition) is 1. The van der Waals surface area contributed by atoms with Crippen molar-refractivity contribution in [3.05, 3.63) is 36.7 Å². The van der Waals surface area contributed by atoms with Crippen molar-refractivity contribution in [1.82, 2.24) is 14.5 Å². The normalized spacial score (nSPS) is 10.3. The van der Waals surface area contributed by atoms with E-state index in [0.717, 1.165) is 11.4 Å². The van der Waals surface area contributed by atoms with E-state index < -0.39 is 0 Å². The second-order valence-electron chi connectivity index (χ2n) is 2.47. The molecule has 2 rings (SSSR count). The molecule has 3 heteroatoms. The van der Waals surface area contributed by atoms with E-state index in [-0.39, 0.29) is 0 Å². The fourth-order valence-electron chi connectivity index (χ4n) is 1.10. The maximum atomic E-state index is 4.03. The van der Waals surface area contributed by atoms with Crippen LogP contribution in [0.1, 0.15) is 5.69 Å². The highest BCUT2D eigenvalue weighted by Crippen LogP contribution is 2.07. The smallest absolute Gasteiger partial charge is 0.0994 e. The summed E-state index contributed by atoms with van der Waals surface area (Å²) in [5.41, 5.74) is 2.27. The van der Waals surface area contributed by atoms with E-state index in [4.69, 9.17) is 0 Å². The largest absolute Gasteiger partial charge is 0.366 e. The van der Waals surface area contributed by atoms with Crippen molar-refractivity contribution in [1.29, 1.82) is 0 Å². The molecule has 0 fully saturated rings. The lowest BCUT2D eigenvalue weighted by molar-refractivity contribution is 1.01. The summed E-state index contributed by atoms with van der Waals surface area (Å²) in [6.07, 6.45) is 7.48. The van der Waals surface area contributed by atoms with Gasteiger partial charge in [0, 0.05) is 24.3 Å². The van der Waals surface area contributed by atoms with Crippen LogP contribution < -0.4 is 0 Å². The first-order chi connectivity index (χ1) is 5.38. The molecule has 56 valence electrons. The van der Waals surface area contributed by atoms with Crippen molar-refractivity contribution in [2.24, 2.45) is 0 Å². The molecule has 11 heavy (non-hydrogen) atoms. The van der Waals surface area contributed by atoms with Crippen molar-refractivity contribution < 1.29 is 0 Å². The number of aryl methyl sites for hydroxylation is 1. The third kappa shape index (κ3) is 0.941. The third-order valence-electron chi connectivity index (χ3n) is 1.68. The molecule has 2 heterocycles. The molecule has 0 aliphatic carbocycles. The second-order valence-corrected chi connectivity index (χ2v) is 2.47. The molecule has 0 atom stereocenters. The van der Waals surface area contributed by atoms with E-state index in [1.807, 2.05) is 36.1 Å². The van der Waals surface area contributed by atoms with E-state index in [1.54, 1.807) is 6.33 Å². The molecular formula is C8H9N3. The molecule has 0 aliphatic rings. The van der Waals surface area contributed by atoms with Crippen LogP contribution in [0.2, 0.25) is 0 Å². The van der Waals surface area contributed by atoms with Crippen molar-refractivity contribution in [3.63, 3.8) is 0 Å². The van der Waals surface area contributed by atoms with Crippen LogP contribution in [-0.4, -0.2) is 14.5 Å². The zero-order valence-corrected chi connectivity index (χ0v) is 6.28. The Balaban J connectivity index is 2.53. The predicted molar refractivity (Wildman–Crippen MR) is 42.7 cm³/mol. The molecule has 0 aromatic carbocycles. The van der Waals surface area contributed by atoms with Crippen molar-refractivity contribution >= 4 is 0 Å². The summed E-state index contributed by atoms with van der Waals surface area (Å²) in [6, 6.07) is 2.01. The zero-order chi connectivity index (χ0) is 7.68. The maximum absolute atomic E-state index is 4.03. The Hall–Kier alpha value is -1.51. The first-order valence-electron chi connectivity index (χ1n) is 3.50. The van der Waals surface area contributed by atoms with Crippen LogP contribution in [-0.2, 0) is 0 Å². The first kappa shape index (κ1) is 6.22. The molecule has 0 bridgehead atoms. The Morgan fingerprint density at radius 2 is 2.45 bits per heavy atom. The number of aromatic amines is 1. The Morgan fingerprint density at radius 1 is 1.55 bits per heavy atom. The maximum Gasteiger partial charge on any atom is 0.0994 e. The minimum absolute atomic E-state index is 1.13. The number of imidazole rings is 1. The Kier molecular flexibility index (Phi) is 1.28. The van der Waals surface area contributed by atoms with Gasteiger partial charge in [0.05, 0.1) is 12.0 Å². The van der Waals surface area contributed by atoms with Crippen LogP contribution in [0.15, 0.2) is 31.0 Å². The first-order valence-corrected chi connectivity index (χ1v) is 3.50. The summed E-state index contributed by atoms with van der Waals surface area (Å²) in [5, 5.41) is 0. The Bertz CT molecular complexity index is 332. The summed E-state index contributed by atoms with van der Waals surface area (Å²) in [7, 11) is 0. The number of aromatic nitrogens is 3. The molecule has 0 spiro atoms. The van der Waals surface area contributed by atoms with Crippen LogP contribution in [0.3, 0.4) is 0 Å². The average molecular weight is 147 g/mol. The average Bonchev–Trinajstić information content (AvgIpc) is 2.55. The molecule has 2 aromatic rings. The van der Waals surface area contributed by atoms with Crippen LogP contribution in [0.25, 0.3) is 5.69 Å². The van der Waals surface area contributed by atoms with Crippen LogP contribution in [0, 0.1) is 6.92 Å². The van der Waals surface area contributed by atoms with Crippen molar-refractivity contribution in [3.8, 4) is 5.69 Å². The second kappa shape index (κ2) is 2.27. The van der Waals surface area contributed by atoms with Gasteiger partial charge in [-0.05, 0) is 13.0 Å². The van der Waals surface area contributed by atoms with Gasteiger partial charge in [0.25, 0.3) is 0 Å². The monoisotopic (exact) mass is 147 g/mol. The molecule has 0 aliphatic heterocycles. The SMILES string of the molecule is Cc1cncn1-c1cc[nH]c1. The summed E-state index contributed by atoms with van der Waals surface area (Å²) < 4.78 is 2.02. The zero-order valence-electron chi connectivity index (χ0n) is 6.28. The molecule has 1 N–H and O–H groups in total. The highest BCUT2D eigenvalue weighted by atomic mass is 15.1. The number of nitrogens with one attached hydrogen (secondary N) is 1. The highest BCUT2D eigenvalue weighted by molar-refractivity contribution is 5.29. The van der Waals surface area contributed by atoms with Crippen LogP contribution in [0.5, 0.6) is 0 Å². The van der Waals surface area contributed by atoms with Gasteiger partial charge in [-0.15, -0.1) is 0 Å². The molecule has 0 saturated heterocycles. The highest BCUT2D eigenvalue weighted by Gasteiger charge is 1.97. The topological polar surface area (TPSA) is 33.6 Å². The van der Waals surface area contributed by atoms with Crippen molar-refractivity contribution in [2.75, 3.05) is 0 Å². The standard InChI is InChI=1S/C8H9N3/c1-7-4-10-6-11(7)8-2-3-9-5-8/h2-6,9H,1H3. The van der Waals surface area contributed by atoms with E-state index in [1.165, 1.54) is 0 Å². The van der Waals surface area contributed by atoms with E-state index in [0.29, 0.717) is 0 Å². The minimum atomic E-state index is 1.13. The lowest BCUT2D eigenvalue weighted by Gasteiger charge is -1.98. The summed E-state index contributed by atoms with van der Waals surface area (Å²) in [6.45, 7) is 2.03. The minimum Gasteiger partial charge on any atom is -0.366 e. The fraction of sp³-hybridized carbons (Fsp3) is 0.125. The summed E-state index contributed by atoms with van der Waals surface area (Å²) in [4.78, 5) is 7.02. The fourth-order valence-corrected chi connectivity index (χ4v) is 1.10. The number of H-pyrrole nitrogens is 1. The molecule has 0 unspecified atom stereocenters. The Labute approximate surface area is 64.7 Å².